The van der Waals surface area contributed by atoms with Crippen LogP contribution >= 0.6 is 0 Å². The second-order valence-corrected chi connectivity index (χ2v) is 4.82. The molecule has 2 aromatic rings. The van der Waals surface area contributed by atoms with Gasteiger partial charge in [0.05, 0.1) is 12.2 Å². The number of nitrogen functional groups attached to an aromatic ring is 1. The first kappa shape index (κ1) is 15.1. The summed E-state index contributed by atoms with van der Waals surface area (Å²) in [7, 11) is 0. The lowest BCUT2D eigenvalue weighted by molar-refractivity contribution is 0.0526. The summed E-state index contributed by atoms with van der Waals surface area (Å²) in [6.07, 6.45) is 2.65. The third-order valence-electron chi connectivity index (χ3n) is 3.35. The van der Waals surface area contributed by atoms with Crippen LogP contribution in [0.3, 0.4) is 0 Å². The van der Waals surface area contributed by atoms with Gasteiger partial charge in [-0.05, 0) is 37.5 Å². The van der Waals surface area contributed by atoms with Crippen LogP contribution in [0, 0.1) is 0 Å². The average Bonchev–Trinajstić information content (AvgIpc) is 2.47. The van der Waals surface area contributed by atoms with Gasteiger partial charge >= 0.3 is 11.6 Å². The quantitative estimate of drug-likeness (QED) is 0.676. The number of fused-ring (bicyclic) bond motifs is 1. The molecule has 1 heterocycles. The van der Waals surface area contributed by atoms with Crippen LogP contribution in [-0.2, 0) is 11.2 Å². The SMILES string of the molecule is CCCCc1c(N)c(=O)oc2cc(C(=O)OCC)ccc12. The number of hydrogen-bond donors (Lipinski definition) is 1. The van der Waals surface area contributed by atoms with Crippen molar-refractivity contribution in [3.05, 3.63) is 39.7 Å². The Bertz CT molecular complexity index is 718. The molecule has 5 nitrogen and oxygen atoms in total. The Balaban J connectivity index is 2.56. The first-order valence-electron chi connectivity index (χ1n) is 7.10. The van der Waals surface area contributed by atoms with Gasteiger partial charge in [0.15, 0.2) is 0 Å². The monoisotopic (exact) mass is 289 g/mol. The predicted molar refractivity (Wildman–Crippen MR) is 81.5 cm³/mol. The molecule has 0 atom stereocenters. The molecule has 2 rings (SSSR count). The van der Waals surface area contributed by atoms with Crippen molar-refractivity contribution < 1.29 is 13.9 Å². The number of carbonyl (C=O) groups is 1. The molecule has 112 valence electrons. The largest absolute Gasteiger partial charge is 0.462 e. The number of benzene rings is 1. The summed E-state index contributed by atoms with van der Waals surface area (Å²) in [5.41, 5.74) is 6.95. The van der Waals surface area contributed by atoms with E-state index >= 15 is 0 Å². The fourth-order valence-corrected chi connectivity index (χ4v) is 2.24. The Morgan fingerprint density at radius 1 is 1.33 bits per heavy atom. The lowest BCUT2D eigenvalue weighted by Crippen LogP contribution is -2.11. The minimum Gasteiger partial charge on any atom is -0.462 e. The predicted octanol–water partition coefficient (Wildman–Crippen LogP) is 2.89. The molecule has 1 aromatic carbocycles. The number of hydrogen-bond acceptors (Lipinski definition) is 5. The molecule has 0 aliphatic carbocycles. The molecule has 0 bridgehead atoms. The van der Waals surface area contributed by atoms with Gasteiger partial charge in [0.2, 0.25) is 0 Å². The van der Waals surface area contributed by atoms with Crippen molar-refractivity contribution in [3.8, 4) is 0 Å². The highest BCUT2D eigenvalue weighted by Crippen LogP contribution is 2.24. The van der Waals surface area contributed by atoms with E-state index < -0.39 is 11.6 Å². The van der Waals surface area contributed by atoms with E-state index in [1.54, 1.807) is 19.1 Å². The molecule has 0 unspecified atom stereocenters. The van der Waals surface area contributed by atoms with E-state index in [1.807, 2.05) is 0 Å². The van der Waals surface area contributed by atoms with Gasteiger partial charge in [-0.1, -0.05) is 19.4 Å². The number of aryl methyl sites for hydroxylation is 1. The van der Waals surface area contributed by atoms with Crippen LogP contribution in [-0.4, -0.2) is 12.6 Å². The smallest absolute Gasteiger partial charge is 0.359 e. The van der Waals surface area contributed by atoms with Gasteiger partial charge in [-0.15, -0.1) is 0 Å². The van der Waals surface area contributed by atoms with Gasteiger partial charge in [0.1, 0.15) is 11.3 Å². The molecular formula is C16H19NO4. The molecule has 5 heteroatoms. The minimum atomic E-state index is -0.561. The van der Waals surface area contributed by atoms with E-state index in [1.165, 1.54) is 6.07 Å². The number of esters is 1. The summed E-state index contributed by atoms with van der Waals surface area (Å²) in [5.74, 6) is -0.436. The molecule has 0 aliphatic heterocycles. The van der Waals surface area contributed by atoms with Crippen LogP contribution in [0.2, 0.25) is 0 Å². The molecule has 1 aromatic heterocycles. The molecule has 0 saturated heterocycles. The molecule has 0 amide bonds. The fourth-order valence-electron chi connectivity index (χ4n) is 2.24. The molecule has 0 saturated carbocycles. The van der Waals surface area contributed by atoms with Crippen molar-refractivity contribution in [2.24, 2.45) is 0 Å². The number of anilines is 1. The van der Waals surface area contributed by atoms with Gasteiger partial charge in [0, 0.05) is 5.39 Å². The summed E-state index contributed by atoms with van der Waals surface area (Å²) in [6, 6.07) is 4.95. The van der Waals surface area contributed by atoms with Gasteiger partial charge in [-0.25, -0.2) is 9.59 Å². The second-order valence-electron chi connectivity index (χ2n) is 4.82. The summed E-state index contributed by atoms with van der Waals surface area (Å²) in [4.78, 5) is 23.5. The summed E-state index contributed by atoms with van der Waals surface area (Å²) in [5, 5.41) is 0.772. The minimum absolute atomic E-state index is 0.153. The van der Waals surface area contributed by atoms with Crippen molar-refractivity contribution in [2.75, 3.05) is 12.3 Å². The highest BCUT2D eigenvalue weighted by Gasteiger charge is 2.14. The van der Waals surface area contributed by atoms with E-state index in [9.17, 15) is 9.59 Å². The Labute approximate surface area is 122 Å². The highest BCUT2D eigenvalue weighted by atomic mass is 16.5. The molecular weight excluding hydrogens is 270 g/mol. The number of carbonyl (C=O) groups excluding carboxylic acids is 1. The molecule has 0 fully saturated rings. The normalized spacial score (nSPS) is 10.8. The maximum absolute atomic E-state index is 11.8. The standard InChI is InChI=1S/C16H19NO4/c1-3-5-6-12-11-8-7-10(15(18)20-4-2)9-13(11)21-16(19)14(12)17/h7-9H,3-6,17H2,1-2H3. The number of nitrogens with two attached hydrogens (primary N) is 1. The first-order valence-corrected chi connectivity index (χ1v) is 7.10. The van der Waals surface area contributed by atoms with Crippen LogP contribution in [0.4, 0.5) is 5.69 Å². The van der Waals surface area contributed by atoms with Crippen LogP contribution in [0.5, 0.6) is 0 Å². The third-order valence-corrected chi connectivity index (χ3v) is 3.35. The van der Waals surface area contributed by atoms with E-state index in [0.29, 0.717) is 24.2 Å². The van der Waals surface area contributed by atoms with E-state index in [4.69, 9.17) is 14.9 Å². The zero-order valence-corrected chi connectivity index (χ0v) is 12.3. The third kappa shape index (κ3) is 3.07. The molecule has 2 N–H and O–H groups in total. The van der Waals surface area contributed by atoms with Crippen LogP contribution < -0.4 is 11.4 Å². The number of rotatable bonds is 5. The summed E-state index contributed by atoms with van der Waals surface area (Å²) >= 11 is 0. The van der Waals surface area contributed by atoms with Crippen molar-refractivity contribution in [2.45, 2.75) is 33.1 Å². The molecule has 0 aliphatic rings. The van der Waals surface area contributed by atoms with E-state index in [-0.39, 0.29) is 5.69 Å². The summed E-state index contributed by atoms with van der Waals surface area (Å²) in [6.45, 7) is 4.11. The van der Waals surface area contributed by atoms with E-state index in [2.05, 4.69) is 6.92 Å². The van der Waals surface area contributed by atoms with Crippen molar-refractivity contribution >= 4 is 22.6 Å². The van der Waals surface area contributed by atoms with Gasteiger partial charge in [-0.2, -0.15) is 0 Å². The van der Waals surface area contributed by atoms with Crippen molar-refractivity contribution in [1.29, 1.82) is 0 Å². The maximum Gasteiger partial charge on any atom is 0.359 e. The summed E-state index contributed by atoms with van der Waals surface area (Å²) < 4.78 is 10.1. The zero-order valence-electron chi connectivity index (χ0n) is 12.3. The Morgan fingerprint density at radius 2 is 2.10 bits per heavy atom. The van der Waals surface area contributed by atoms with Crippen LogP contribution in [0.1, 0.15) is 42.6 Å². The lowest BCUT2D eigenvalue weighted by Gasteiger charge is -2.09. The van der Waals surface area contributed by atoms with Gasteiger partial charge in [0.25, 0.3) is 0 Å². The average molecular weight is 289 g/mol. The van der Waals surface area contributed by atoms with Gasteiger partial charge in [-0.3, -0.25) is 0 Å². The second kappa shape index (κ2) is 6.43. The first-order chi connectivity index (χ1) is 10.1. The van der Waals surface area contributed by atoms with Crippen molar-refractivity contribution in [1.82, 2.24) is 0 Å². The lowest BCUT2D eigenvalue weighted by atomic mass is 10.0. The van der Waals surface area contributed by atoms with Crippen LogP contribution in [0.25, 0.3) is 11.0 Å². The van der Waals surface area contributed by atoms with Crippen molar-refractivity contribution in [3.63, 3.8) is 0 Å². The number of ether oxygens (including phenoxy) is 1. The molecule has 21 heavy (non-hydrogen) atoms. The Morgan fingerprint density at radius 3 is 2.76 bits per heavy atom. The Hall–Kier alpha value is -2.30. The Kier molecular flexibility index (Phi) is 4.62. The topological polar surface area (TPSA) is 82.5 Å². The number of unbranched alkanes of at least 4 members (excludes halogenated alkanes) is 1. The molecule has 0 radical (unpaired) electrons. The van der Waals surface area contributed by atoms with E-state index in [0.717, 1.165) is 23.8 Å². The molecule has 0 spiro atoms. The van der Waals surface area contributed by atoms with Gasteiger partial charge < -0.3 is 14.9 Å². The van der Waals surface area contributed by atoms with Crippen LogP contribution in [0.15, 0.2) is 27.4 Å². The maximum atomic E-state index is 11.8. The zero-order chi connectivity index (χ0) is 15.4. The fraction of sp³-hybridized carbons (Fsp3) is 0.375. The highest BCUT2D eigenvalue weighted by molar-refractivity contribution is 5.95.